The summed E-state index contributed by atoms with van der Waals surface area (Å²) < 4.78 is 27.8. The molecule has 1 unspecified atom stereocenters. The number of nitrogens with zero attached hydrogens (tertiary/aromatic N) is 2. The number of likely N-dealkylation sites (tertiary alicyclic amines) is 1. The Morgan fingerprint density at radius 1 is 1.04 bits per heavy atom. The van der Waals surface area contributed by atoms with Gasteiger partial charge in [-0.1, -0.05) is 19.9 Å². The SMILES string of the molecule is C=CCCCOP(=O)(O)O[C@H](C)[C@H](NC(=O)[C@H](CO)NC(=O)[C@H](Cc1cnc[nH]1)NC(=O)[C@H](CC(C)C)NC(=O)[C@@H]1CCCN1C(=O)CCOC(C)C)C(N)=O. The number of phosphoric ester groups is 1. The smallest absolute Gasteiger partial charge is 0.394 e. The summed E-state index contributed by atoms with van der Waals surface area (Å²) in [5.41, 5.74) is 5.85. The molecule has 0 aliphatic carbocycles. The number of H-pyrrole nitrogens is 1. The number of aliphatic hydroxyl groups is 1. The number of amides is 6. The van der Waals surface area contributed by atoms with E-state index in [9.17, 15) is 43.3 Å². The van der Waals surface area contributed by atoms with Crippen LogP contribution in [0.25, 0.3) is 0 Å². The van der Waals surface area contributed by atoms with Crippen LogP contribution < -0.4 is 27.0 Å². The molecule has 9 N–H and O–H groups in total. The van der Waals surface area contributed by atoms with E-state index in [2.05, 4.69) is 37.8 Å². The minimum absolute atomic E-state index is 0.0569. The van der Waals surface area contributed by atoms with Gasteiger partial charge in [-0.2, -0.15) is 0 Å². The monoisotopic (exact) mass is 814 g/mol. The molecule has 6 amide bonds. The molecule has 1 aliphatic rings. The lowest BCUT2D eigenvalue weighted by molar-refractivity contribution is -0.140. The average Bonchev–Trinajstić information content (AvgIpc) is 3.83. The molecule has 0 radical (unpaired) electrons. The van der Waals surface area contributed by atoms with E-state index in [0.717, 1.165) is 0 Å². The molecule has 7 atom stereocenters. The molecule has 2 rings (SSSR count). The number of nitrogens with one attached hydrogen (secondary N) is 5. The van der Waals surface area contributed by atoms with Crippen LogP contribution in [0.4, 0.5) is 0 Å². The molecule has 21 heteroatoms. The lowest BCUT2D eigenvalue weighted by Crippen LogP contribution is -2.61. The van der Waals surface area contributed by atoms with Gasteiger partial charge in [-0.05, 0) is 58.8 Å². The first-order valence-electron chi connectivity index (χ1n) is 18.7. The van der Waals surface area contributed by atoms with Gasteiger partial charge in [0, 0.05) is 24.9 Å². The number of carbonyl (C=O) groups is 6. The summed E-state index contributed by atoms with van der Waals surface area (Å²) in [6, 6.07) is -6.70. The van der Waals surface area contributed by atoms with Crippen LogP contribution in [-0.4, -0.2) is 129 Å². The van der Waals surface area contributed by atoms with E-state index < -0.39 is 80.3 Å². The van der Waals surface area contributed by atoms with Gasteiger partial charge < -0.3 is 51.6 Å². The van der Waals surface area contributed by atoms with Gasteiger partial charge in [-0.15, -0.1) is 6.58 Å². The summed E-state index contributed by atoms with van der Waals surface area (Å²) in [5.74, 6) is -4.77. The molecule has 0 spiro atoms. The molecule has 1 fully saturated rings. The van der Waals surface area contributed by atoms with Crippen LogP contribution in [0.5, 0.6) is 0 Å². The number of hydrogen-bond donors (Lipinski definition) is 8. The third-order valence-corrected chi connectivity index (χ3v) is 9.70. The summed E-state index contributed by atoms with van der Waals surface area (Å²) in [6.45, 7) is 11.6. The van der Waals surface area contributed by atoms with Gasteiger partial charge in [0.2, 0.25) is 35.4 Å². The van der Waals surface area contributed by atoms with Crippen molar-refractivity contribution in [3.63, 3.8) is 0 Å². The summed E-state index contributed by atoms with van der Waals surface area (Å²) in [4.78, 5) is 97.8. The number of aromatic nitrogens is 2. The summed E-state index contributed by atoms with van der Waals surface area (Å²) in [7, 11) is -4.69. The zero-order valence-corrected chi connectivity index (χ0v) is 33.6. The van der Waals surface area contributed by atoms with E-state index >= 15 is 0 Å². The number of nitrogens with two attached hydrogens (primary N) is 1. The van der Waals surface area contributed by atoms with Gasteiger partial charge in [0.1, 0.15) is 30.2 Å². The number of rotatable bonds is 26. The maximum Gasteiger partial charge on any atom is 0.472 e. The number of hydrogen-bond acceptors (Lipinski definition) is 12. The van der Waals surface area contributed by atoms with Crippen molar-refractivity contribution < 1.29 is 57.1 Å². The molecule has 0 aromatic carbocycles. The van der Waals surface area contributed by atoms with Crippen molar-refractivity contribution in [1.82, 2.24) is 36.1 Å². The number of carbonyl (C=O) groups excluding carboxylic acids is 6. The fraction of sp³-hybridized carbons (Fsp3) is 0.686. The van der Waals surface area contributed by atoms with Crippen molar-refractivity contribution in [2.75, 3.05) is 26.4 Å². The lowest BCUT2D eigenvalue weighted by Gasteiger charge is -2.29. The van der Waals surface area contributed by atoms with Crippen molar-refractivity contribution in [3.05, 3.63) is 30.9 Å². The highest BCUT2D eigenvalue weighted by atomic mass is 31.2. The maximum atomic E-state index is 13.8. The van der Waals surface area contributed by atoms with Gasteiger partial charge in [-0.25, -0.2) is 9.55 Å². The van der Waals surface area contributed by atoms with Gasteiger partial charge in [0.25, 0.3) is 0 Å². The van der Waals surface area contributed by atoms with E-state index in [1.165, 1.54) is 24.3 Å². The van der Waals surface area contributed by atoms with Crippen molar-refractivity contribution in [2.45, 2.75) is 122 Å². The highest BCUT2D eigenvalue weighted by molar-refractivity contribution is 7.47. The molecule has 316 valence electrons. The van der Waals surface area contributed by atoms with E-state index in [1.807, 2.05) is 27.7 Å². The molecule has 1 aromatic heterocycles. The normalized spacial score (nSPS) is 17.9. The Balaban J connectivity index is 2.19. The van der Waals surface area contributed by atoms with Crippen molar-refractivity contribution >= 4 is 43.3 Å². The molecule has 1 aliphatic heterocycles. The second kappa shape index (κ2) is 23.8. The molecular weight excluding hydrogens is 755 g/mol. The molecule has 1 saturated heterocycles. The summed E-state index contributed by atoms with van der Waals surface area (Å²) >= 11 is 0. The highest BCUT2D eigenvalue weighted by Crippen LogP contribution is 2.45. The van der Waals surface area contributed by atoms with Crippen molar-refractivity contribution in [1.29, 1.82) is 0 Å². The Morgan fingerprint density at radius 3 is 2.29 bits per heavy atom. The van der Waals surface area contributed by atoms with Gasteiger partial charge in [0.05, 0.1) is 44.8 Å². The lowest BCUT2D eigenvalue weighted by atomic mass is 10.0. The largest absolute Gasteiger partial charge is 0.472 e. The number of unbranched alkanes of at least 4 members (excludes halogenated alkanes) is 1. The maximum absolute atomic E-state index is 13.8. The molecule has 1 aromatic rings. The van der Waals surface area contributed by atoms with Gasteiger partial charge in [-0.3, -0.25) is 37.8 Å². The fourth-order valence-electron chi connectivity index (χ4n) is 5.78. The van der Waals surface area contributed by atoms with Crippen molar-refractivity contribution in [3.8, 4) is 0 Å². The van der Waals surface area contributed by atoms with Gasteiger partial charge in [0.15, 0.2) is 0 Å². The minimum Gasteiger partial charge on any atom is -0.394 e. The Kier molecular flexibility index (Phi) is 20.4. The highest BCUT2D eigenvalue weighted by Gasteiger charge is 2.38. The van der Waals surface area contributed by atoms with Crippen LogP contribution in [0, 0.1) is 5.92 Å². The standard InChI is InChI=1S/C35H59N8O12P/c1-7-8-9-14-54-56(51,52)55-23(6)30(31(36)46)42-34(49)27(19-44)41-33(48)26(17-24-18-37-20-38-24)39-32(47)25(16-21(2)3)40-35(50)28-11-10-13-43(28)29(45)12-15-53-22(4)5/h7,18,20-23,25-28,30,44H,1,8-17,19H2,2-6H3,(H2,36,46)(H,37,38)(H,39,47)(H,40,50)(H,41,48)(H,42,49)(H,51,52)/t23-,25+,26+,27+,28+,30+/m1/s1. The number of aliphatic hydroxyl groups excluding tert-OH is 1. The first-order valence-corrected chi connectivity index (χ1v) is 20.1. The van der Waals surface area contributed by atoms with Crippen LogP contribution >= 0.6 is 7.82 Å². The first kappa shape index (κ1) is 48.0. The van der Waals surface area contributed by atoms with E-state index in [-0.39, 0.29) is 50.4 Å². The second-order valence-electron chi connectivity index (χ2n) is 14.1. The fourth-order valence-corrected chi connectivity index (χ4v) is 6.74. The van der Waals surface area contributed by atoms with Crippen molar-refractivity contribution in [2.24, 2.45) is 11.7 Å². The van der Waals surface area contributed by atoms with E-state index in [0.29, 0.717) is 37.9 Å². The third kappa shape index (κ3) is 16.5. The molecule has 0 bridgehead atoms. The summed E-state index contributed by atoms with van der Waals surface area (Å²) in [5, 5.41) is 20.0. The zero-order valence-electron chi connectivity index (χ0n) is 32.7. The number of allylic oxidation sites excluding steroid dienone is 1. The first-order chi connectivity index (χ1) is 26.4. The number of phosphoric acid groups is 1. The Labute approximate surface area is 327 Å². The second-order valence-corrected chi connectivity index (χ2v) is 15.5. The molecule has 20 nitrogen and oxygen atoms in total. The van der Waals surface area contributed by atoms with Crippen LogP contribution in [0.3, 0.4) is 0 Å². The molecule has 56 heavy (non-hydrogen) atoms. The number of imidazole rings is 1. The Hall–Kier alpha value is -4.20. The third-order valence-electron chi connectivity index (χ3n) is 8.59. The zero-order chi connectivity index (χ0) is 42.0. The topological polar surface area (TPSA) is 294 Å². The van der Waals surface area contributed by atoms with E-state index in [1.54, 1.807) is 6.08 Å². The number of primary amides is 1. The van der Waals surface area contributed by atoms with E-state index in [4.69, 9.17) is 19.5 Å². The molecular formula is C35H59N8O12P. The average molecular weight is 815 g/mol. The molecule has 0 saturated carbocycles. The predicted molar refractivity (Wildman–Crippen MR) is 202 cm³/mol. The van der Waals surface area contributed by atoms with Crippen LogP contribution in [0.1, 0.15) is 78.8 Å². The van der Waals surface area contributed by atoms with Crippen LogP contribution in [-0.2, 0) is 53.5 Å². The quantitative estimate of drug-likeness (QED) is 0.0339. The molecule has 2 heterocycles. The Bertz CT molecular complexity index is 1510. The van der Waals surface area contributed by atoms with Gasteiger partial charge >= 0.3 is 7.82 Å². The Morgan fingerprint density at radius 2 is 1.70 bits per heavy atom. The summed E-state index contributed by atoms with van der Waals surface area (Å²) in [6.07, 6.45) is 4.79. The van der Waals surface area contributed by atoms with Crippen LogP contribution in [0.2, 0.25) is 0 Å². The number of ether oxygens (including phenoxy) is 1. The van der Waals surface area contributed by atoms with Crippen LogP contribution in [0.15, 0.2) is 25.2 Å². The minimum atomic E-state index is -4.69. The number of aromatic amines is 1. The predicted octanol–water partition coefficient (Wildman–Crippen LogP) is -0.290.